The normalized spacial score (nSPS) is 12.7. The van der Waals surface area contributed by atoms with Crippen LogP contribution in [0.25, 0.3) is 0 Å². The predicted octanol–water partition coefficient (Wildman–Crippen LogP) is 2.18. The van der Waals surface area contributed by atoms with E-state index in [2.05, 4.69) is 25.8 Å². The molecule has 7 nitrogen and oxygen atoms in total. The fourth-order valence-corrected chi connectivity index (χ4v) is 2.29. The van der Waals surface area contributed by atoms with E-state index in [9.17, 15) is 4.39 Å². The van der Waals surface area contributed by atoms with E-state index < -0.39 is 0 Å². The van der Waals surface area contributed by atoms with Gasteiger partial charge in [0.2, 0.25) is 0 Å². The van der Waals surface area contributed by atoms with Crippen molar-refractivity contribution in [2.75, 3.05) is 13.1 Å². The molecule has 0 saturated heterocycles. The summed E-state index contributed by atoms with van der Waals surface area (Å²) in [4.78, 5) is 4.54. The summed E-state index contributed by atoms with van der Waals surface area (Å²) in [5.41, 5.74) is 0. The topological polar surface area (TPSA) is 76.4 Å². The van der Waals surface area contributed by atoms with Crippen LogP contribution >= 0.6 is 0 Å². The molecular formula is C18H27FN6O. The fourth-order valence-electron chi connectivity index (χ4n) is 2.29. The summed E-state index contributed by atoms with van der Waals surface area (Å²) >= 11 is 0. The summed E-state index contributed by atoms with van der Waals surface area (Å²) in [7, 11) is 1.92. The Kier molecular flexibility index (Phi) is 7.37. The van der Waals surface area contributed by atoms with Gasteiger partial charge >= 0.3 is 0 Å². The number of aryl methyl sites for hydroxylation is 1. The average molecular weight is 362 g/mol. The van der Waals surface area contributed by atoms with Gasteiger partial charge in [0.05, 0.1) is 6.54 Å². The number of hydrogen-bond donors (Lipinski definition) is 2. The molecule has 2 aromatic rings. The molecule has 0 radical (unpaired) electrons. The van der Waals surface area contributed by atoms with Gasteiger partial charge < -0.3 is 19.9 Å². The molecule has 0 amide bonds. The number of halogens is 1. The van der Waals surface area contributed by atoms with E-state index in [0.29, 0.717) is 24.8 Å². The summed E-state index contributed by atoms with van der Waals surface area (Å²) in [5.74, 6) is 2.54. The highest BCUT2D eigenvalue weighted by Crippen LogP contribution is 2.14. The van der Waals surface area contributed by atoms with Crippen molar-refractivity contribution in [1.29, 1.82) is 0 Å². The molecule has 0 aliphatic heterocycles. The Hall–Kier alpha value is -2.64. The lowest BCUT2D eigenvalue weighted by molar-refractivity contribution is 0.198. The van der Waals surface area contributed by atoms with Crippen molar-refractivity contribution in [3.63, 3.8) is 0 Å². The van der Waals surface area contributed by atoms with Crippen LogP contribution in [0.5, 0.6) is 5.75 Å². The highest BCUT2D eigenvalue weighted by molar-refractivity contribution is 5.79. The maximum absolute atomic E-state index is 13.3. The molecule has 1 atom stereocenters. The number of guanidine groups is 1. The number of ether oxygens (including phenoxy) is 1. The Balaban J connectivity index is 1.94. The second kappa shape index (κ2) is 9.74. The molecule has 26 heavy (non-hydrogen) atoms. The van der Waals surface area contributed by atoms with Crippen LogP contribution in [0.15, 0.2) is 29.3 Å². The van der Waals surface area contributed by atoms with Gasteiger partial charge in [-0.3, -0.25) is 0 Å². The Morgan fingerprint density at radius 1 is 1.31 bits per heavy atom. The summed E-state index contributed by atoms with van der Waals surface area (Å²) in [5, 5.41) is 14.6. The van der Waals surface area contributed by atoms with Crippen molar-refractivity contribution < 1.29 is 9.13 Å². The van der Waals surface area contributed by atoms with Crippen LogP contribution in [0, 0.1) is 12.7 Å². The van der Waals surface area contributed by atoms with E-state index in [-0.39, 0.29) is 11.9 Å². The van der Waals surface area contributed by atoms with Crippen LogP contribution in [0.1, 0.15) is 31.9 Å². The first-order valence-corrected chi connectivity index (χ1v) is 8.82. The minimum absolute atomic E-state index is 0.0993. The zero-order valence-electron chi connectivity index (χ0n) is 15.8. The molecule has 2 rings (SSSR count). The Morgan fingerprint density at radius 3 is 2.73 bits per heavy atom. The summed E-state index contributed by atoms with van der Waals surface area (Å²) in [6.07, 6.45) is 0.684. The SMILES string of the molecule is CCNC(=NCc1nnc(C)n1C)NCC(CC)Oc1cccc(F)c1. The lowest BCUT2D eigenvalue weighted by Crippen LogP contribution is -2.42. The van der Waals surface area contributed by atoms with Gasteiger partial charge in [0.1, 0.15) is 30.0 Å². The van der Waals surface area contributed by atoms with Gasteiger partial charge in [0.15, 0.2) is 11.8 Å². The van der Waals surface area contributed by atoms with Gasteiger partial charge in [0, 0.05) is 19.7 Å². The van der Waals surface area contributed by atoms with Gasteiger partial charge in [-0.15, -0.1) is 10.2 Å². The predicted molar refractivity (Wildman–Crippen MR) is 99.7 cm³/mol. The van der Waals surface area contributed by atoms with Gasteiger partial charge in [0.25, 0.3) is 0 Å². The van der Waals surface area contributed by atoms with E-state index in [1.165, 1.54) is 12.1 Å². The molecule has 0 bridgehead atoms. The van der Waals surface area contributed by atoms with Gasteiger partial charge in [-0.1, -0.05) is 13.0 Å². The minimum atomic E-state index is -0.306. The van der Waals surface area contributed by atoms with E-state index in [1.807, 2.05) is 32.4 Å². The molecule has 0 aliphatic rings. The zero-order valence-corrected chi connectivity index (χ0v) is 15.8. The largest absolute Gasteiger partial charge is 0.489 e. The standard InChI is InChI=1S/C18H27FN6O/c1-5-15(26-16-9-7-8-14(19)10-16)11-21-18(20-6-2)22-12-17-24-23-13(3)25(17)4/h7-10,15H,5-6,11-12H2,1-4H3,(H2,20,21,22). The lowest BCUT2D eigenvalue weighted by Gasteiger charge is -2.20. The highest BCUT2D eigenvalue weighted by atomic mass is 19.1. The molecule has 0 aliphatic carbocycles. The first-order chi connectivity index (χ1) is 12.5. The number of aliphatic imine (C=N–C) groups is 1. The number of nitrogens with zero attached hydrogens (tertiary/aromatic N) is 4. The Bertz CT molecular complexity index is 730. The van der Waals surface area contributed by atoms with Gasteiger partial charge in [-0.25, -0.2) is 9.38 Å². The van der Waals surface area contributed by atoms with Crippen molar-refractivity contribution in [2.24, 2.45) is 12.0 Å². The molecule has 2 N–H and O–H groups in total. The van der Waals surface area contributed by atoms with Crippen molar-refractivity contribution in [1.82, 2.24) is 25.4 Å². The molecule has 1 aromatic carbocycles. The van der Waals surface area contributed by atoms with E-state index in [1.54, 1.807) is 12.1 Å². The van der Waals surface area contributed by atoms with Crippen molar-refractivity contribution in [2.45, 2.75) is 39.8 Å². The quantitative estimate of drug-likeness (QED) is 0.556. The highest BCUT2D eigenvalue weighted by Gasteiger charge is 2.10. The molecule has 0 fully saturated rings. The van der Waals surface area contributed by atoms with Crippen LogP contribution in [0.4, 0.5) is 4.39 Å². The molecule has 1 unspecified atom stereocenters. The second-order valence-corrected chi connectivity index (χ2v) is 5.90. The van der Waals surface area contributed by atoms with E-state index >= 15 is 0 Å². The zero-order chi connectivity index (χ0) is 18.9. The fraction of sp³-hybridized carbons (Fsp3) is 0.500. The average Bonchev–Trinajstić information content (AvgIpc) is 2.94. The first kappa shape index (κ1) is 19.7. The number of benzene rings is 1. The third-order valence-electron chi connectivity index (χ3n) is 3.96. The van der Waals surface area contributed by atoms with Crippen molar-refractivity contribution in [3.05, 3.63) is 41.7 Å². The minimum Gasteiger partial charge on any atom is -0.489 e. The number of nitrogens with one attached hydrogen (secondary N) is 2. The third kappa shape index (κ3) is 5.72. The van der Waals surface area contributed by atoms with E-state index in [0.717, 1.165) is 24.6 Å². The first-order valence-electron chi connectivity index (χ1n) is 8.82. The third-order valence-corrected chi connectivity index (χ3v) is 3.96. The van der Waals surface area contributed by atoms with Crippen LogP contribution in [-0.2, 0) is 13.6 Å². The molecule has 1 heterocycles. The summed E-state index contributed by atoms with van der Waals surface area (Å²) in [6, 6.07) is 6.18. The maximum Gasteiger partial charge on any atom is 0.191 e. The van der Waals surface area contributed by atoms with Crippen LogP contribution in [-0.4, -0.2) is 39.9 Å². The van der Waals surface area contributed by atoms with E-state index in [4.69, 9.17) is 4.74 Å². The molecule has 142 valence electrons. The molecule has 1 aromatic heterocycles. The number of hydrogen-bond acceptors (Lipinski definition) is 4. The number of rotatable bonds is 8. The van der Waals surface area contributed by atoms with Gasteiger partial charge in [-0.05, 0) is 32.4 Å². The van der Waals surface area contributed by atoms with Crippen LogP contribution in [0.3, 0.4) is 0 Å². The summed E-state index contributed by atoms with van der Waals surface area (Å²) in [6.45, 7) is 7.65. The van der Waals surface area contributed by atoms with Crippen LogP contribution < -0.4 is 15.4 Å². The van der Waals surface area contributed by atoms with Gasteiger partial charge in [-0.2, -0.15) is 0 Å². The molecule has 8 heteroatoms. The molecule has 0 saturated carbocycles. The smallest absolute Gasteiger partial charge is 0.191 e. The summed E-state index contributed by atoms with van der Waals surface area (Å²) < 4.78 is 21.1. The maximum atomic E-state index is 13.3. The molecule has 0 spiro atoms. The number of aromatic nitrogens is 3. The lowest BCUT2D eigenvalue weighted by atomic mass is 10.2. The van der Waals surface area contributed by atoms with Crippen LogP contribution in [0.2, 0.25) is 0 Å². The monoisotopic (exact) mass is 362 g/mol. The Labute approximate surface area is 153 Å². The molecular weight excluding hydrogens is 335 g/mol. The van der Waals surface area contributed by atoms with Crippen molar-refractivity contribution >= 4 is 5.96 Å². The Morgan fingerprint density at radius 2 is 2.12 bits per heavy atom. The van der Waals surface area contributed by atoms with Crippen molar-refractivity contribution in [3.8, 4) is 5.75 Å². The second-order valence-electron chi connectivity index (χ2n) is 5.90.